The molecule has 0 bridgehead atoms. The van der Waals surface area contributed by atoms with Crippen LogP contribution in [0, 0.1) is 0 Å². The van der Waals surface area contributed by atoms with Gasteiger partial charge in [-0.1, -0.05) is 11.6 Å². The summed E-state index contributed by atoms with van der Waals surface area (Å²) in [5.41, 5.74) is 0.244. The van der Waals surface area contributed by atoms with E-state index in [0.29, 0.717) is 12.2 Å². The highest BCUT2D eigenvalue weighted by Gasteiger charge is 2.20. The van der Waals surface area contributed by atoms with Gasteiger partial charge in [-0.15, -0.1) is 0 Å². The molecule has 1 aromatic heterocycles. The minimum absolute atomic E-state index is 0.0373. The van der Waals surface area contributed by atoms with Crippen molar-refractivity contribution in [3.05, 3.63) is 21.6 Å². The third-order valence-corrected chi connectivity index (χ3v) is 3.37. The number of likely N-dealkylation sites (N-methyl/N-ethyl adjacent to an activating group) is 1. The molecule has 0 aromatic carbocycles. The number of nitrogens with one attached hydrogen (secondary N) is 1. The molecule has 0 saturated carbocycles. The topological polar surface area (TPSA) is 50.2 Å². The lowest BCUT2D eigenvalue weighted by molar-refractivity contribution is 0.210. The van der Waals surface area contributed by atoms with E-state index in [0.717, 1.165) is 0 Å². The fourth-order valence-electron chi connectivity index (χ4n) is 1.10. The van der Waals surface area contributed by atoms with Gasteiger partial charge in [0.25, 0.3) is 5.56 Å². The van der Waals surface area contributed by atoms with Crippen LogP contribution in [0.3, 0.4) is 0 Å². The van der Waals surface area contributed by atoms with Gasteiger partial charge in [-0.3, -0.25) is 4.79 Å². The van der Waals surface area contributed by atoms with Gasteiger partial charge in [-0.05, 0) is 27.9 Å². The van der Waals surface area contributed by atoms with Gasteiger partial charge in [0.15, 0.2) is 0 Å². The SMILES string of the molecule is CN(C)C(C)(C)CNc1cnn(C)c(=O)c1Cl. The maximum absolute atomic E-state index is 11.6. The molecule has 1 rings (SSSR count). The number of aryl methyl sites for hydroxylation is 1. The Morgan fingerprint density at radius 1 is 1.53 bits per heavy atom. The van der Waals surface area contributed by atoms with Crippen molar-refractivity contribution in [1.82, 2.24) is 14.7 Å². The van der Waals surface area contributed by atoms with Crippen molar-refractivity contribution in [2.24, 2.45) is 7.05 Å². The van der Waals surface area contributed by atoms with E-state index >= 15 is 0 Å². The Bertz CT molecular complexity index is 453. The van der Waals surface area contributed by atoms with Crippen LogP contribution in [0.5, 0.6) is 0 Å². The van der Waals surface area contributed by atoms with Gasteiger partial charge in [0.2, 0.25) is 0 Å². The number of hydrogen-bond acceptors (Lipinski definition) is 4. The van der Waals surface area contributed by atoms with Gasteiger partial charge < -0.3 is 10.2 Å². The smallest absolute Gasteiger partial charge is 0.287 e. The van der Waals surface area contributed by atoms with Crippen LogP contribution in [-0.4, -0.2) is 40.9 Å². The van der Waals surface area contributed by atoms with Crippen LogP contribution in [-0.2, 0) is 7.05 Å². The summed E-state index contributed by atoms with van der Waals surface area (Å²) in [5.74, 6) is 0. The molecule has 5 nitrogen and oxygen atoms in total. The Morgan fingerprint density at radius 3 is 2.65 bits per heavy atom. The highest BCUT2D eigenvalue weighted by atomic mass is 35.5. The second kappa shape index (κ2) is 5.06. The normalized spacial score (nSPS) is 11.9. The Labute approximate surface area is 106 Å². The lowest BCUT2D eigenvalue weighted by atomic mass is 10.0. The molecule has 0 unspecified atom stereocenters. The summed E-state index contributed by atoms with van der Waals surface area (Å²) < 4.78 is 1.21. The van der Waals surface area contributed by atoms with Gasteiger partial charge in [-0.2, -0.15) is 5.10 Å². The van der Waals surface area contributed by atoms with E-state index in [2.05, 4.69) is 29.2 Å². The Kier molecular flexibility index (Phi) is 4.16. The molecule has 1 aromatic rings. The zero-order chi connectivity index (χ0) is 13.2. The van der Waals surface area contributed by atoms with Gasteiger partial charge in [0.1, 0.15) is 5.02 Å². The first-order valence-corrected chi connectivity index (χ1v) is 5.76. The summed E-state index contributed by atoms with van der Waals surface area (Å²) in [6.07, 6.45) is 1.56. The zero-order valence-electron chi connectivity index (χ0n) is 10.9. The standard InChI is InChI=1S/C11H19ClN4O/c1-11(2,15(3)4)7-13-8-6-14-16(5)10(17)9(8)12/h6,13H,7H2,1-5H3. The lowest BCUT2D eigenvalue weighted by Gasteiger charge is -2.33. The van der Waals surface area contributed by atoms with E-state index in [1.807, 2.05) is 14.1 Å². The van der Waals surface area contributed by atoms with Crippen molar-refractivity contribution in [1.29, 1.82) is 0 Å². The van der Waals surface area contributed by atoms with Gasteiger partial charge in [0.05, 0.1) is 11.9 Å². The molecule has 17 heavy (non-hydrogen) atoms. The molecular weight excluding hydrogens is 240 g/mol. The van der Waals surface area contributed by atoms with E-state index in [1.54, 1.807) is 13.2 Å². The van der Waals surface area contributed by atoms with Gasteiger partial charge in [0, 0.05) is 19.1 Å². The van der Waals surface area contributed by atoms with Crippen LogP contribution in [0.15, 0.2) is 11.0 Å². The number of halogens is 1. The van der Waals surface area contributed by atoms with Crippen molar-refractivity contribution in [3.8, 4) is 0 Å². The second-order valence-electron chi connectivity index (χ2n) is 4.86. The van der Waals surface area contributed by atoms with Crippen molar-refractivity contribution >= 4 is 17.3 Å². The van der Waals surface area contributed by atoms with E-state index < -0.39 is 0 Å². The molecule has 0 aliphatic rings. The molecule has 6 heteroatoms. The van der Waals surface area contributed by atoms with E-state index in [-0.39, 0.29) is 16.1 Å². The average molecular weight is 259 g/mol. The molecular formula is C11H19ClN4O. The van der Waals surface area contributed by atoms with Crippen molar-refractivity contribution in [2.45, 2.75) is 19.4 Å². The summed E-state index contributed by atoms with van der Waals surface area (Å²) >= 11 is 5.96. The highest BCUT2D eigenvalue weighted by molar-refractivity contribution is 6.32. The summed E-state index contributed by atoms with van der Waals surface area (Å²) in [5, 5.41) is 7.26. The van der Waals surface area contributed by atoms with Crippen LogP contribution in [0.25, 0.3) is 0 Å². The molecule has 0 atom stereocenters. The molecule has 0 aliphatic carbocycles. The predicted molar refractivity (Wildman–Crippen MR) is 70.7 cm³/mol. The van der Waals surface area contributed by atoms with E-state index in [4.69, 9.17) is 11.6 Å². The first-order chi connectivity index (χ1) is 7.75. The van der Waals surface area contributed by atoms with Crippen LogP contribution in [0.1, 0.15) is 13.8 Å². The van der Waals surface area contributed by atoms with Gasteiger partial charge in [-0.25, -0.2) is 4.68 Å². The molecule has 0 aliphatic heterocycles. The number of aromatic nitrogens is 2. The molecule has 96 valence electrons. The average Bonchev–Trinajstić information content (AvgIpc) is 2.25. The molecule has 0 spiro atoms. The van der Waals surface area contributed by atoms with Crippen LogP contribution in [0.2, 0.25) is 5.02 Å². The molecule has 0 saturated heterocycles. The van der Waals surface area contributed by atoms with Crippen LogP contribution < -0.4 is 10.9 Å². The monoisotopic (exact) mass is 258 g/mol. The second-order valence-corrected chi connectivity index (χ2v) is 5.24. The summed E-state index contributed by atoms with van der Waals surface area (Å²) in [6, 6.07) is 0. The quantitative estimate of drug-likeness (QED) is 0.881. The summed E-state index contributed by atoms with van der Waals surface area (Å²) in [4.78, 5) is 13.7. The number of rotatable bonds is 4. The van der Waals surface area contributed by atoms with Crippen molar-refractivity contribution < 1.29 is 0 Å². The fourth-order valence-corrected chi connectivity index (χ4v) is 1.34. The first-order valence-electron chi connectivity index (χ1n) is 5.39. The number of nitrogens with zero attached hydrogens (tertiary/aromatic N) is 3. The van der Waals surface area contributed by atoms with Gasteiger partial charge >= 0.3 is 0 Å². The number of hydrogen-bond donors (Lipinski definition) is 1. The van der Waals surface area contributed by atoms with Crippen LogP contribution >= 0.6 is 11.6 Å². The van der Waals surface area contributed by atoms with Crippen LogP contribution in [0.4, 0.5) is 5.69 Å². The third kappa shape index (κ3) is 3.20. The maximum Gasteiger partial charge on any atom is 0.287 e. The van der Waals surface area contributed by atoms with E-state index in [1.165, 1.54) is 4.68 Å². The minimum Gasteiger partial charge on any atom is -0.381 e. The molecule has 0 amide bonds. The Morgan fingerprint density at radius 2 is 2.12 bits per heavy atom. The third-order valence-electron chi connectivity index (χ3n) is 3.00. The highest BCUT2D eigenvalue weighted by Crippen LogP contribution is 2.17. The Hall–Kier alpha value is -1.07. The maximum atomic E-state index is 11.6. The largest absolute Gasteiger partial charge is 0.381 e. The Balaban J connectivity index is 2.85. The summed E-state index contributed by atoms with van der Waals surface area (Å²) in [7, 11) is 5.58. The predicted octanol–water partition coefficient (Wildman–Crippen LogP) is 1.19. The zero-order valence-corrected chi connectivity index (χ0v) is 11.7. The van der Waals surface area contributed by atoms with E-state index in [9.17, 15) is 4.79 Å². The minimum atomic E-state index is -0.292. The molecule has 1 heterocycles. The molecule has 1 N–H and O–H groups in total. The first kappa shape index (κ1) is 14.0. The van der Waals surface area contributed by atoms with Crippen molar-refractivity contribution in [2.75, 3.05) is 26.0 Å². The molecule has 0 fully saturated rings. The number of anilines is 1. The fraction of sp³-hybridized carbons (Fsp3) is 0.636. The summed E-state index contributed by atoms with van der Waals surface area (Å²) in [6.45, 7) is 4.87. The molecule has 0 radical (unpaired) electrons. The van der Waals surface area contributed by atoms with Crippen molar-refractivity contribution in [3.63, 3.8) is 0 Å². The lowest BCUT2D eigenvalue weighted by Crippen LogP contribution is -2.44.